The molecule has 1 atom stereocenters. The number of thiazole rings is 1. The summed E-state index contributed by atoms with van der Waals surface area (Å²) in [6, 6.07) is 14.4. The van der Waals surface area contributed by atoms with E-state index in [1.165, 1.54) is 11.3 Å². The number of hydrogen-bond donors (Lipinski definition) is 0. The molecule has 1 aromatic heterocycles. The van der Waals surface area contributed by atoms with E-state index in [9.17, 15) is 18.0 Å². The largest absolute Gasteiger partial charge is 0.389 e. The minimum atomic E-state index is -4.30. The van der Waals surface area contributed by atoms with Gasteiger partial charge in [-0.3, -0.25) is 4.79 Å². The lowest BCUT2D eigenvalue weighted by Crippen LogP contribution is -2.15. The lowest BCUT2D eigenvalue weighted by atomic mass is 9.95. The van der Waals surface area contributed by atoms with Gasteiger partial charge in [-0.1, -0.05) is 35.9 Å². The molecule has 1 unspecified atom stereocenters. The van der Waals surface area contributed by atoms with Gasteiger partial charge >= 0.3 is 6.18 Å². The molecular weight excluding hydrogens is 359 g/mol. The van der Waals surface area contributed by atoms with E-state index in [2.05, 4.69) is 4.98 Å². The summed E-state index contributed by atoms with van der Waals surface area (Å²) >= 11 is 1.27. The van der Waals surface area contributed by atoms with E-state index in [1.807, 2.05) is 31.2 Å². The molecular formula is C20H18F3NOS. The Hall–Kier alpha value is -2.21. The number of para-hydroxylation sites is 1. The first-order chi connectivity index (χ1) is 12.3. The van der Waals surface area contributed by atoms with Crippen molar-refractivity contribution in [2.75, 3.05) is 0 Å². The van der Waals surface area contributed by atoms with Crippen LogP contribution in [-0.4, -0.2) is 16.9 Å². The van der Waals surface area contributed by atoms with E-state index in [-0.39, 0.29) is 18.6 Å². The Labute approximate surface area is 153 Å². The van der Waals surface area contributed by atoms with Crippen molar-refractivity contribution in [3.05, 3.63) is 64.7 Å². The molecule has 2 aromatic carbocycles. The van der Waals surface area contributed by atoms with Gasteiger partial charge in [0.2, 0.25) is 0 Å². The summed E-state index contributed by atoms with van der Waals surface area (Å²) < 4.78 is 40.0. The number of ketones is 1. The average Bonchev–Trinajstić information content (AvgIpc) is 3.01. The van der Waals surface area contributed by atoms with Crippen molar-refractivity contribution >= 4 is 27.3 Å². The number of rotatable bonds is 6. The van der Waals surface area contributed by atoms with Crippen LogP contribution in [0.1, 0.15) is 46.1 Å². The van der Waals surface area contributed by atoms with Crippen LogP contribution < -0.4 is 0 Å². The Morgan fingerprint density at radius 3 is 2.62 bits per heavy atom. The molecule has 1 heterocycles. The Morgan fingerprint density at radius 1 is 1.15 bits per heavy atom. The van der Waals surface area contributed by atoms with Crippen molar-refractivity contribution < 1.29 is 18.0 Å². The molecule has 0 aliphatic heterocycles. The van der Waals surface area contributed by atoms with Gasteiger partial charge in [0, 0.05) is 17.9 Å². The van der Waals surface area contributed by atoms with Crippen LogP contribution in [0.3, 0.4) is 0 Å². The van der Waals surface area contributed by atoms with Gasteiger partial charge in [0.25, 0.3) is 0 Å². The Bertz CT molecular complexity index is 884. The number of nitrogens with zero attached hydrogens (tertiary/aromatic N) is 1. The number of aryl methyl sites for hydroxylation is 1. The SMILES string of the molecule is Cc1cccc(C(=O)CCC(CC(F)(F)F)c2nc3ccccc3s2)c1. The molecule has 26 heavy (non-hydrogen) atoms. The molecule has 0 saturated heterocycles. The van der Waals surface area contributed by atoms with Crippen LogP contribution >= 0.6 is 11.3 Å². The van der Waals surface area contributed by atoms with Crippen molar-refractivity contribution in [2.24, 2.45) is 0 Å². The van der Waals surface area contributed by atoms with Gasteiger partial charge in [0.05, 0.1) is 21.6 Å². The Morgan fingerprint density at radius 2 is 1.92 bits per heavy atom. The van der Waals surface area contributed by atoms with Crippen LogP contribution in [-0.2, 0) is 0 Å². The Kier molecular flexibility index (Phi) is 5.41. The third-order valence-electron chi connectivity index (χ3n) is 4.20. The highest BCUT2D eigenvalue weighted by Crippen LogP contribution is 2.38. The highest BCUT2D eigenvalue weighted by molar-refractivity contribution is 7.18. The number of fused-ring (bicyclic) bond motifs is 1. The Balaban J connectivity index is 1.79. The van der Waals surface area contributed by atoms with Gasteiger partial charge in [0.15, 0.2) is 5.78 Å². The standard InChI is InChI=1S/C20H18F3NOS/c1-13-5-4-6-14(11-13)17(25)10-9-15(12-20(21,22)23)19-24-16-7-2-3-8-18(16)26-19/h2-8,11,15H,9-10,12H2,1H3. The number of aromatic nitrogens is 1. The lowest BCUT2D eigenvalue weighted by Gasteiger charge is -2.16. The zero-order chi connectivity index (χ0) is 18.7. The molecule has 0 amide bonds. The van der Waals surface area contributed by atoms with Crippen LogP contribution in [0.25, 0.3) is 10.2 Å². The van der Waals surface area contributed by atoms with Gasteiger partial charge in [-0.15, -0.1) is 11.3 Å². The highest BCUT2D eigenvalue weighted by Gasteiger charge is 2.34. The van der Waals surface area contributed by atoms with Crippen LogP contribution in [0.15, 0.2) is 48.5 Å². The fraction of sp³-hybridized carbons (Fsp3) is 0.300. The second-order valence-corrected chi connectivity index (χ2v) is 7.43. The van der Waals surface area contributed by atoms with Gasteiger partial charge in [0.1, 0.15) is 0 Å². The first kappa shape index (κ1) is 18.6. The van der Waals surface area contributed by atoms with Gasteiger partial charge < -0.3 is 0 Å². The molecule has 0 radical (unpaired) electrons. The summed E-state index contributed by atoms with van der Waals surface area (Å²) in [6.45, 7) is 1.88. The third-order valence-corrected chi connectivity index (χ3v) is 5.40. The first-order valence-corrected chi connectivity index (χ1v) is 9.15. The van der Waals surface area contributed by atoms with Crippen molar-refractivity contribution in [3.63, 3.8) is 0 Å². The zero-order valence-electron chi connectivity index (χ0n) is 14.2. The molecule has 0 N–H and O–H groups in total. The maximum atomic E-state index is 13.0. The van der Waals surface area contributed by atoms with E-state index >= 15 is 0 Å². The maximum Gasteiger partial charge on any atom is 0.389 e. The predicted octanol–water partition coefficient (Wildman–Crippen LogP) is 6.30. The number of carbonyl (C=O) groups excluding carboxylic acids is 1. The quantitative estimate of drug-likeness (QED) is 0.472. The molecule has 0 saturated carbocycles. The van der Waals surface area contributed by atoms with E-state index in [0.29, 0.717) is 16.1 Å². The molecule has 0 spiro atoms. The number of hydrogen-bond acceptors (Lipinski definition) is 3. The van der Waals surface area contributed by atoms with Crippen molar-refractivity contribution in [2.45, 2.75) is 38.3 Å². The van der Waals surface area contributed by atoms with Crippen LogP contribution in [0, 0.1) is 6.92 Å². The summed E-state index contributed by atoms with van der Waals surface area (Å²) in [5, 5.41) is 0.445. The number of benzene rings is 2. The predicted molar refractivity (Wildman–Crippen MR) is 97.8 cm³/mol. The summed E-state index contributed by atoms with van der Waals surface area (Å²) in [4.78, 5) is 16.7. The fourth-order valence-electron chi connectivity index (χ4n) is 2.93. The molecule has 6 heteroatoms. The number of halogens is 3. The topological polar surface area (TPSA) is 30.0 Å². The van der Waals surface area contributed by atoms with Gasteiger partial charge in [-0.05, 0) is 31.5 Å². The second-order valence-electron chi connectivity index (χ2n) is 6.37. The van der Waals surface area contributed by atoms with Gasteiger partial charge in [-0.2, -0.15) is 13.2 Å². The minimum Gasteiger partial charge on any atom is -0.294 e. The van der Waals surface area contributed by atoms with Crippen molar-refractivity contribution in [1.29, 1.82) is 0 Å². The first-order valence-electron chi connectivity index (χ1n) is 8.34. The maximum absolute atomic E-state index is 13.0. The minimum absolute atomic E-state index is 0.0696. The molecule has 136 valence electrons. The summed E-state index contributed by atoms with van der Waals surface area (Å²) in [5.74, 6) is -0.942. The molecule has 2 nitrogen and oxygen atoms in total. The second kappa shape index (κ2) is 7.58. The van der Waals surface area contributed by atoms with E-state index in [0.717, 1.165) is 10.3 Å². The van der Waals surface area contributed by atoms with E-state index in [1.54, 1.807) is 24.3 Å². The van der Waals surface area contributed by atoms with Crippen LogP contribution in [0.5, 0.6) is 0 Å². The summed E-state index contributed by atoms with van der Waals surface area (Å²) in [5.41, 5.74) is 2.19. The average molecular weight is 377 g/mol. The zero-order valence-corrected chi connectivity index (χ0v) is 15.0. The molecule has 0 aliphatic carbocycles. The molecule has 3 aromatic rings. The number of alkyl halides is 3. The molecule has 0 aliphatic rings. The highest BCUT2D eigenvalue weighted by atomic mass is 32.1. The van der Waals surface area contributed by atoms with E-state index < -0.39 is 18.5 Å². The lowest BCUT2D eigenvalue weighted by molar-refractivity contribution is -0.139. The molecule has 0 fully saturated rings. The summed E-state index contributed by atoms with van der Waals surface area (Å²) in [6.07, 6.45) is -5.06. The summed E-state index contributed by atoms with van der Waals surface area (Å²) in [7, 11) is 0. The normalized spacial score (nSPS) is 13.1. The van der Waals surface area contributed by atoms with Crippen molar-refractivity contribution in [3.8, 4) is 0 Å². The fourth-order valence-corrected chi connectivity index (χ4v) is 4.03. The molecule has 0 bridgehead atoms. The monoisotopic (exact) mass is 377 g/mol. The number of carbonyl (C=O) groups is 1. The van der Waals surface area contributed by atoms with Crippen LogP contribution in [0.4, 0.5) is 13.2 Å². The van der Waals surface area contributed by atoms with Crippen molar-refractivity contribution in [1.82, 2.24) is 4.98 Å². The van der Waals surface area contributed by atoms with Crippen LogP contribution in [0.2, 0.25) is 0 Å². The van der Waals surface area contributed by atoms with Gasteiger partial charge in [-0.25, -0.2) is 4.98 Å². The number of Topliss-reactive ketones (excluding diaryl/α,β-unsaturated/α-hetero) is 1. The molecule has 3 rings (SSSR count). The van der Waals surface area contributed by atoms with E-state index in [4.69, 9.17) is 0 Å². The smallest absolute Gasteiger partial charge is 0.294 e. The third kappa shape index (κ3) is 4.69.